The minimum Gasteiger partial charge on any atom is -0.493 e. The molecule has 0 atom stereocenters. The smallest absolute Gasteiger partial charge is 0.231 e. The fraction of sp³-hybridized carbons (Fsp3) is 0.333. The number of ether oxygens (including phenoxy) is 3. The van der Waals surface area contributed by atoms with Crippen molar-refractivity contribution >= 4 is 11.9 Å². The second-order valence-corrected chi connectivity index (χ2v) is 8.88. The molecule has 0 unspecified atom stereocenters. The molecule has 33 heavy (non-hydrogen) atoms. The summed E-state index contributed by atoms with van der Waals surface area (Å²) < 4.78 is 22.4. The minimum atomic E-state index is -1.06. The van der Waals surface area contributed by atoms with Crippen LogP contribution in [0.5, 0.6) is 11.5 Å². The normalized spacial score (nSPS) is 15.4. The molecule has 0 amide bonds. The Bertz CT molecular complexity index is 1230. The Hall–Kier alpha value is -3.54. The second kappa shape index (κ2) is 8.77. The van der Waals surface area contributed by atoms with Gasteiger partial charge in [0.1, 0.15) is 17.4 Å². The molecule has 0 bridgehead atoms. The van der Waals surface area contributed by atoms with E-state index in [2.05, 4.69) is 0 Å². The van der Waals surface area contributed by atoms with Crippen LogP contribution in [0.15, 0.2) is 62.7 Å². The van der Waals surface area contributed by atoms with Crippen LogP contribution >= 0.6 is 0 Å². The number of methoxy groups -OCH3 is 1. The van der Waals surface area contributed by atoms with Crippen LogP contribution in [0.1, 0.15) is 51.9 Å². The van der Waals surface area contributed by atoms with Gasteiger partial charge in [-0.05, 0) is 64.3 Å². The molecule has 172 valence electrons. The first kappa shape index (κ1) is 22.6. The number of allylic oxidation sites excluding steroid dienone is 5. The van der Waals surface area contributed by atoms with Crippen molar-refractivity contribution in [1.29, 1.82) is 0 Å². The predicted molar refractivity (Wildman–Crippen MR) is 126 cm³/mol. The first-order valence-corrected chi connectivity index (χ1v) is 10.9. The zero-order valence-corrected chi connectivity index (χ0v) is 19.6. The van der Waals surface area contributed by atoms with Gasteiger partial charge in [-0.25, -0.2) is 0 Å². The average molecular weight is 449 g/mol. The summed E-state index contributed by atoms with van der Waals surface area (Å²) in [6.45, 7) is 8.07. The van der Waals surface area contributed by atoms with E-state index in [0.717, 1.165) is 11.1 Å². The van der Waals surface area contributed by atoms with Crippen molar-refractivity contribution in [2.45, 2.75) is 46.0 Å². The summed E-state index contributed by atoms with van der Waals surface area (Å²) in [6.07, 6.45) is 7.76. The standard InChI is InChI=1S/C27H28O6/c1-16(2)8-10-27(11-9-17(3)4)25(29)23(30-5)13-19-24(28)20(14-31-26(19)27)18-6-7-21-22(12-18)33-15-32-21/h6-9,12-14H,10-11,15H2,1-5H3. The lowest BCUT2D eigenvalue weighted by Gasteiger charge is -2.34. The number of Topliss-reactive ketones (excluding diaryl/α,β-unsaturated/α-hetero) is 1. The molecular weight excluding hydrogens is 420 g/mol. The largest absolute Gasteiger partial charge is 0.493 e. The maximum absolute atomic E-state index is 13.7. The fourth-order valence-electron chi connectivity index (χ4n) is 4.15. The summed E-state index contributed by atoms with van der Waals surface area (Å²) in [5.74, 6) is 1.55. The van der Waals surface area contributed by atoms with Crippen molar-refractivity contribution in [3.8, 4) is 22.6 Å². The summed E-state index contributed by atoms with van der Waals surface area (Å²) in [5, 5.41) is 0. The number of benzene rings is 1. The van der Waals surface area contributed by atoms with Crippen LogP contribution in [0.25, 0.3) is 17.2 Å². The van der Waals surface area contributed by atoms with Crippen LogP contribution in [0.2, 0.25) is 0 Å². The topological polar surface area (TPSA) is 75.0 Å². The molecule has 1 aromatic carbocycles. The van der Waals surface area contributed by atoms with Gasteiger partial charge in [0, 0.05) is 0 Å². The number of ketones is 1. The van der Waals surface area contributed by atoms with Crippen molar-refractivity contribution in [1.82, 2.24) is 0 Å². The Morgan fingerprint density at radius 1 is 1.03 bits per heavy atom. The molecule has 0 saturated heterocycles. The predicted octanol–water partition coefficient (Wildman–Crippen LogP) is 5.56. The summed E-state index contributed by atoms with van der Waals surface area (Å²) in [4.78, 5) is 27.3. The average Bonchev–Trinajstić information content (AvgIpc) is 3.26. The summed E-state index contributed by atoms with van der Waals surface area (Å²) in [6, 6.07) is 5.32. The second-order valence-electron chi connectivity index (χ2n) is 8.88. The van der Waals surface area contributed by atoms with Gasteiger partial charge in [0.25, 0.3) is 0 Å². The third-order valence-electron chi connectivity index (χ3n) is 6.02. The number of hydrogen-bond acceptors (Lipinski definition) is 6. The highest BCUT2D eigenvalue weighted by Crippen LogP contribution is 2.43. The SMILES string of the molecule is COC1=Cc2c(occ(-c3ccc4c(c3)OCO4)c2=O)C(CC=C(C)C)(CC=C(C)C)C1=O. The quantitative estimate of drug-likeness (QED) is 0.539. The van der Waals surface area contributed by atoms with E-state index in [9.17, 15) is 9.59 Å². The summed E-state index contributed by atoms with van der Waals surface area (Å²) in [5.41, 5.74) is 2.24. The molecular formula is C27H28O6. The lowest BCUT2D eigenvalue weighted by atomic mass is 9.69. The van der Waals surface area contributed by atoms with Gasteiger partial charge in [-0.15, -0.1) is 0 Å². The number of carbonyl (C=O) groups excluding carboxylic acids is 1. The van der Waals surface area contributed by atoms with Gasteiger partial charge >= 0.3 is 0 Å². The van der Waals surface area contributed by atoms with E-state index in [0.29, 0.717) is 46.8 Å². The monoisotopic (exact) mass is 448 g/mol. The lowest BCUT2D eigenvalue weighted by Crippen LogP contribution is -2.41. The highest BCUT2D eigenvalue weighted by atomic mass is 16.7. The van der Waals surface area contributed by atoms with Gasteiger partial charge in [-0.3, -0.25) is 9.59 Å². The van der Waals surface area contributed by atoms with Crippen LogP contribution in [-0.2, 0) is 14.9 Å². The van der Waals surface area contributed by atoms with Gasteiger partial charge in [0.05, 0.1) is 18.2 Å². The van der Waals surface area contributed by atoms with E-state index < -0.39 is 5.41 Å². The van der Waals surface area contributed by atoms with E-state index >= 15 is 0 Å². The fourth-order valence-corrected chi connectivity index (χ4v) is 4.15. The van der Waals surface area contributed by atoms with E-state index in [-0.39, 0.29) is 23.8 Å². The highest BCUT2D eigenvalue weighted by Gasteiger charge is 2.48. The van der Waals surface area contributed by atoms with Crippen molar-refractivity contribution in [3.05, 3.63) is 75.1 Å². The van der Waals surface area contributed by atoms with Crippen molar-refractivity contribution in [3.63, 3.8) is 0 Å². The molecule has 6 nitrogen and oxygen atoms in total. The maximum Gasteiger partial charge on any atom is 0.231 e. The van der Waals surface area contributed by atoms with E-state index in [1.807, 2.05) is 39.8 Å². The lowest BCUT2D eigenvalue weighted by molar-refractivity contribution is -0.124. The minimum absolute atomic E-state index is 0.150. The molecule has 1 aromatic heterocycles. The van der Waals surface area contributed by atoms with Crippen LogP contribution in [-0.4, -0.2) is 19.7 Å². The van der Waals surface area contributed by atoms with E-state index in [4.69, 9.17) is 18.6 Å². The van der Waals surface area contributed by atoms with Crippen molar-refractivity contribution in [2.24, 2.45) is 0 Å². The number of carbonyl (C=O) groups is 1. The molecule has 0 spiro atoms. The Labute approximate surface area is 193 Å². The van der Waals surface area contributed by atoms with E-state index in [1.54, 1.807) is 18.2 Å². The van der Waals surface area contributed by atoms with Crippen LogP contribution < -0.4 is 14.9 Å². The van der Waals surface area contributed by atoms with Gasteiger partial charge in [0.15, 0.2) is 22.7 Å². The van der Waals surface area contributed by atoms with Crippen LogP contribution in [0.4, 0.5) is 0 Å². The zero-order valence-electron chi connectivity index (χ0n) is 19.6. The Morgan fingerprint density at radius 3 is 2.33 bits per heavy atom. The first-order chi connectivity index (χ1) is 15.8. The third-order valence-corrected chi connectivity index (χ3v) is 6.02. The van der Waals surface area contributed by atoms with Gasteiger partial charge in [-0.1, -0.05) is 29.4 Å². The third kappa shape index (κ3) is 4.01. The number of hydrogen-bond donors (Lipinski definition) is 0. The summed E-state index contributed by atoms with van der Waals surface area (Å²) in [7, 11) is 1.45. The van der Waals surface area contributed by atoms with Gasteiger partial charge in [0.2, 0.25) is 12.6 Å². The molecule has 2 aliphatic rings. The van der Waals surface area contributed by atoms with E-state index in [1.165, 1.54) is 19.4 Å². The highest BCUT2D eigenvalue weighted by molar-refractivity contribution is 6.08. The molecule has 2 aromatic rings. The molecule has 1 aliphatic heterocycles. The van der Waals surface area contributed by atoms with Crippen LogP contribution in [0.3, 0.4) is 0 Å². The molecule has 4 rings (SSSR count). The zero-order chi connectivity index (χ0) is 23.8. The van der Waals surface area contributed by atoms with Gasteiger partial charge < -0.3 is 18.6 Å². The molecule has 0 fully saturated rings. The molecule has 2 heterocycles. The Balaban J connectivity index is 1.93. The molecule has 0 saturated carbocycles. The van der Waals surface area contributed by atoms with Crippen molar-refractivity contribution in [2.75, 3.05) is 13.9 Å². The summed E-state index contributed by atoms with van der Waals surface area (Å²) >= 11 is 0. The van der Waals surface area contributed by atoms with Gasteiger partial charge in [-0.2, -0.15) is 0 Å². The first-order valence-electron chi connectivity index (χ1n) is 10.9. The number of rotatable bonds is 6. The Morgan fingerprint density at radius 2 is 1.70 bits per heavy atom. The van der Waals surface area contributed by atoms with Crippen molar-refractivity contribution < 1.29 is 23.4 Å². The van der Waals surface area contributed by atoms with Crippen LogP contribution in [0, 0.1) is 0 Å². The molecule has 0 N–H and O–H groups in total. The maximum atomic E-state index is 13.7. The molecule has 6 heteroatoms. The molecule has 1 aliphatic carbocycles. The molecule has 0 radical (unpaired) electrons. The Kier molecular flexibility index (Phi) is 6.02. The number of fused-ring (bicyclic) bond motifs is 2.